The molecule has 0 saturated heterocycles. The molecule has 0 spiro atoms. The lowest BCUT2D eigenvalue weighted by Gasteiger charge is -2.10. The largest absolute Gasteiger partial charge is 0.504 e. The smallest absolute Gasteiger partial charge is 0.448 e. The van der Waals surface area contributed by atoms with E-state index in [0.717, 1.165) is 4.68 Å². The van der Waals surface area contributed by atoms with Gasteiger partial charge in [-0.15, -0.1) is 0 Å². The van der Waals surface area contributed by atoms with Crippen LogP contribution in [0, 0.1) is 0 Å². The molecule has 0 saturated carbocycles. The first-order chi connectivity index (χ1) is 10.1. The van der Waals surface area contributed by atoms with E-state index in [4.69, 9.17) is 5.11 Å². The standard InChI is InChI=1S/C11H6F6N4O/c12-10(13,14)7-4-6(5-8(22)11(15,16)17)19-9(20-7)21-3-1-2-18-21/h1-5,22H/b8-5-. The number of aromatic nitrogens is 4. The average molecular weight is 324 g/mol. The molecule has 11 heteroatoms. The fourth-order valence-corrected chi connectivity index (χ4v) is 1.38. The second-order valence-corrected chi connectivity index (χ2v) is 3.95. The summed E-state index contributed by atoms with van der Waals surface area (Å²) in [5.41, 5.74) is -2.23. The van der Waals surface area contributed by atoms with E-state index in [1.54, 1.807) is 0 Å². The number of rotatable bonds is 2. The molecule has 2 aromatic heterocycles. The van der Waals surface area contributed by atoms with Crippen molar-refractivity contribution in [2.75, 3.05) is 0 Å². The Hall–Kier alpha value is -2.59. The topological polar surface area (TPSA) is 63.8 Å². The van der Waals surface area contributed by atoms with Gasteiger partial charge in [0.05, 0.1) is 5.69 Å². The molecule has 0 unspecified atom stereocenters. The molecule has 0 fully saturated rings. The summed E-state index contributed by atoms with van der Waals surface area (Å²) in [5.74, 6) is -2.66. The zero-order valence-corrected chi connectivity index (χ0v) is 10.4. The van der Waals surface area contributed by atoms with Gasteiger partial charge in [-0.05, 0) is 12.1 Å². The van der Waals surface area contributed by atoms with Crippen LogP contribution < -0.4 is 0 Å². The van der Waals surface area contributed by atoms with E-state index in [9.17, 15) is 26.3 Å². The van der Waals surface area contributed by atoms with Crippen LogP contribution in [0.4, 0.5) is 26.3 Å². The van der Waals surface area contributed by atoms with Crippen molar-refractivity contribution in [3.05, 3.63) is 41.7 Å². The molecule has 2 aromatic rings. The van der Waals surface area contributed by atoms with Crippen LogP contribution in [0.15, 0.2) is 30.3 Å². The summed E-state index contributed by atoms with van der Waals surface area (Å²) in [4.78, 5) is 6.68. The minimum atomic E-state index is -5.10. The lowest BCUT2D eigenvalue weighted by Crippen LogP contribution is -2.14. The number of hydrogen-bond donors (Lipinski definition) is 1. The van der Waals surface area contributed by atoms with Crippen molar-refractivity contribution < 1.29 is 31.4 Å². The van der Waals surface area contributed by atoms with Crippen LogP contribution in [-0.4, -0.2) is 31.0 Å². The summed E-state index contributed by atoms with van der Waals surface area (Å²) in [6.45, 7) is 0. The molecule has 0 aromatic carbocycles. The summed E-state index contributed by atoms with van der Waals surface area (Å²) in [7, 11) is 0. The molecule has 5 nitrogen and oxygen atoms in total. The van der Waals surface area contributed by atoms with E-state index in [1.165, 1.54) is 18.5 Å². The fraction of sp³-hybridized carbons (Fsp3) is 0.182. The summed E-state index contributed by atoms with van der Waals surface area (Å²) in [5, 5.41) is 12.4. The number of halogens is 6. The Morgan fingerprint density at radius 2 is 1.82 bits per heavy atom. The van der Waals surface area contributed by atoms with Gasteiger partial charge in [0.2, 0.25) is 0 Å². The third-order valence-corrected chi connectivity index (χ3v) is 2.31. The third kappa shape index (κ3) is 3.54. The molecule has 0 aliphatic carbocycles. The summed E-state index contributed by atoms with van der Waals surface area (Å²) in [6, 6.07) is 1.65. The maximum Gasteiger partial charge on any atom is 0.448 e. The zero-order valence-electron chi connectivity index (χ0n) is 10.4. The van der Waals surface area contributed by atoms with Gasteiger partial charge in [-0.3, -0.25) is 0 Å². The molecule has 0 aliphatic heterocycles. The van der Waals surface area contributed by atoms with E-state index in [-0.39, 0.29) is 12.1 Å². The second kappa shape index (κ2) is 5.31. The van der Waals surface area contributed by atoms with Crippen molar-refractivity contribution in [2.24, 2.45) is 0 Å². The number of nitrogens with zero attached hydrogens (tertiary/aromatic N) is 4. The molecule has 0 amide bonds. The van der Waals surface area contributed by atoms with E-state index in [1.807, 2.05) is 0 Å². The lowest BCUT2D eigenvalue weighted by molar-refractivity contribution is -0.141. The Kier molecular flexibility index (Phi) is 3.81. The average Bonchev–Trinajstić information content (AvgIpc) is 2.90. The van der Waals surface area contributed by atoms with Gasteiger partial charge in [0.15, 0.2) is 11.5 Å². The molecular formula is C11H6F6N4O. The van der Waals surface area contributed by atoms with Gasteiger partial charge in [0.25, 0.3) is 5.95 Å². The number of hydrogen-bond acceptors (Lipinski definition) is 4. The second-order valence-electron chi connectivity index (χ2n) is 3.95. The van der Waals surface area contributed by atoms with Gasteiger partial charge in [-0.1, -0.05) is 0 Å². The maximum absolute atomic E-state index is 12.7. The minimum absolute atomic E-state index is 0.0733. The Balaban J connectivity index is 2.57. The lowest BCUT2D eigenvalue weighted by atomic mass is 10.2. The van der Waals surface area contributed by atoms with Gasteiger partial charge in [0.1, 0.15) is 0 Å². The molecule has 0 aliphatic rings. The van der Waals surface area contributed by atoms with Crippen molar-refractivity contribution in [3.63, 3.8) is 0 Å². The van der Waals surface area contributed by atoms with Crippen LogP contribution in [0.1, 0.15) is 11.4 Å². The van der Waals surface area contributed by atoms with E-state index in [0.29, 0.717) is 0 Å². The van der Waals surface area contributed by atoms with E-state index < -0.39 is 35.4 Å². The Morgan fingerprint density at radius 3 is 2.32 bits per heavy atom. The fourth-order valence-electron chi connectivity index (χ4n) is 1.38. The summed E-state index contributed by atoms with van der Waals surface area (Å²) in [6.07, 6.45) is -7.49. The van der Waals surface area contributed by atoms with E-state index in [2.05, 4.69) is 15.1 Å². The predicted octanol–water partition coefficient (Wildman–Crippen LogP) is 3.14. The quantitative estimate of drug-likeness (QED) is 0.681. The predicted molar refractivity (Wildman–Crippen MR) is 60.8 cm³/mol. The van der Waals surface area contributed by atoms with Crippen LogP contribution in [0.2, 0.25) is 0 Å². The van der Waals surface area contributed by atoms with E-state index >= 15 is 0 Å². The normalized spacial score (nSPS) is 13.5. The van der Waals surface area contributed by atoms with Crippen LogP contribution >= 0.6 is 0 Å². The highest BCUT2D eigenvalue weighted by molar-refractivity contribution is 5.49. The Bertz CT molecular complexity index is 690. The number of aliphatic hydroxyl groups is 1. The van der Waals surface area contributed by atoms with Crippen molar-refractivity contribution >= 4 is 6.08 Å². The maximum atomic E-state index is 12.7. The third-order valence-electron chi connectivity index (χ3n) is 2.31. The van der Waals surface area contributed by atoms with Crippen molar-refractivity contribution in [1.29, 1.82) is 0 Å². The molecule has 0 bridgehead atoms. The first-order valence-corrected chi connectivity index (χ1v) is 5.51. The monoisotopic (exact) mass is 324 g/mol. The molecule has 2 rings (SSSR count). The molecule has 0 atom stereocenters. The van der Waals surface area contributed by atoms with Gasteiger partial charge in [0, 0.05) is 18.5 Å². The van der Waals surface area contributed by atoms with Crippen LogP contribution in [0.3, 0.4) is 0 Å². The highest BCUT2D eigenvalue weighted by Crippen LogP contribution is 2.30. The molecular weight excluding hydrogens is 318 g/mol. The van der Waals surface area contributed by atoms with Gasteiger partial charge >= 0.3 is 12.4 Å². The van der Waals surface area contributed by atoms with Gasteiger partial charge in [-0.2, -0.15) is 31.4 Å². The van der Waals surface area contributed by atoms with Crippen molar-refractivity contribution in [2.45, 2.75) is 12.4 Å². The molecule has 22 heavy (non-hydrogen) atoms. The van der Waals surface area contributed by atoms with Crippen molar-refractivity contribution in [3.8, 4) is 5.95 Å². The minimum Gasteiger partial charge on any atom is -0.504 e. The number of aliphatic hydroxyl groups excluding tert-OH is 1. The van der Waals surface area contributed by atoms with Crippen LogP contribution in [-0.2, 0) is 6.18 Å². The first kappa shape index (κ1) is 15.8. The summed E-state index contributed by atoms with van der Waals surface area (Å²) < 4.78 is 75.8. The molecule has 118 valence electrons. The van der Waals surface area contributed by atoms with Gasteiger partial charge < -0.3 is 5.11 Å². The highest BCUT2D eigenvalue weighted by atomic mass is 19.4. The Morgan fingerprint density at radius 1 is 1.14 bits per heavy atom. The molecule has 0 radical (unpaired) electrons. The summed E-state index contributed by atoms with van der Waals surface area (Å²) >= 11 is 0. The highest BCUT2D eigenvalue weighted by Gasteiger charge is 2.36. The number of alkyl halides is 6. The van der Waals surface area contributed by atoms with Crippen LogP contribution in [0.5, 0.6) is 0 Å². The zero-order chi connectivity index (χ0) is 16.5. The SMILES string of the molecule is O/C(=C\c1cc(C(F)(F)F)nc(-n2cccn2)n1)C(F)(F)F. The molecule has 1 N–H and O–H groups in total. The van der Waals surface area contributed by atoms with Crippen LogP contribution in [0.25, 0.3) is 12.0 Å². The Labute approximate surface area is 118 Å². The van der Waals surface area contributed by atoms with Gasteiger partial charge in [-0.25, -0.2) is 14.6 Å². The number of allylic oxidation sites excluding steroid dienone is 1. The molecule has 2 heterocycles. The van der Waals surface area contributed by atoms with Crippen molar-refractivity contribution in [1.82, 2.24) is 19.7 Å². The first-order valence-electron chi connectivity index (χ1n) is 5.51.